The molecule has 0 unspecified atom stereocenters. The smallest absolute Gasteiger partial charge is 0.0713 e. The van der Waals surface area contributed by atoms with E-state index in [1.165, 1.54) is 5.56 Å². The Bertz CT molecular complexity index is 307. The van der Waals surface area contributed by atoms with Gasteiger partial charge in [0, 0.05) is 19.3 Å². The van der Waals surface area contributed by atoms with E-state index in [4.69, 9.17) is 4.74 Å². The maximum absolute atomic E-state index is 5.06. The molecule has 2 heteroatoms. The van der Waals surface area contributed by atoms with Gasteiger partial charge >= 0.3 is 0 Å². The van der Waals surface area contributed by atoms with Crippen molar-refractivity contribution in [3.63, 3.8) is 0 Å². The van der Waals surface area contributed by atoms with Gasteiger partial charge in [0.05, 0.1) is 6.61 Å². The van der Waals surface area contributed by atoms with Crippen LogP contribution in [0.4, 0.5) is 5.69 Å². The van der Waals surface area contributed by atoms with Crippen LogP contribution < -0.4 is 5.32 Å². The molecule has 1 aromatic carbocycles. The summed E-state index contributed by atoms with van der Waals surface area (Å²) in [5.74, 6) is 0. The molecule has 14 heavy (non-hydrogen) atoms. The van der Waals surface area contributed by atoms with Crippen molar-refractivity contribution < 1.29 is 4.74 Å². The number of anilines is 1. The lowest BCUT2D eigenvalue weighted by Gasteiger charge is -2.07. The molecule has 2 nitrogen and oxygen atoms in total. The third-order valence-electron chi connectivity index (χ3n) is 1.83. The third-order valence-corrected chi connectivity index (χ3v) is 1.83. The Hall–Kier alpha value is -1.28. The van der Waals surface area contributed by atoms with E-state index in [1.807, 2.05) is 19.1 Å². The highest BCUT2D eigenvalue weighted by atomic mass is 16.5. The van der Waals surface area contributed by atoms with Crippen molar-refractivity contribution in [3.05, 3.63) is 42.0 Å². The fraction of sp³-hybridized carbons (Fsp3) is 0.333. The van der Waals surface area contributed by atoms with Gasteiger partial charge in [-0.3, -0.25) is 0 Å². The van der Waals surface area contributed by atoms with E-state index in [9.17, 15) is 0 Å². The molecule has 0 spiro atoms. The van der Waals surface area contributed by atoms with Crippen molar-refractivity contribution in [1.82, 2.24) is 0 Å². The minimum atomic E-state index is 0.655. The second-order valence-electron chi connectivity index (χ2n) is 3.44. The van der Waals surface area contributed by atoms with E-state index in [0.29, 0.717) is 6.61 Å². The van der Waals surface area contributed by atoms with Gasteiger partial charge in [-0.1, -0.05) is 24.3 Å². The van der Waals surface area contributed by atoms with Crippen LogP contribution >= 0.6 is 0 Å². The van der Waals surface area contributed by atoms with Gasteiger partial charge in [0.2, 0.25) is 0 Å². The van der Waals surface area contributed by atoms with Crippen molar-refractivity contribution in [1.29, 1.82) is 0 Å². The number of hydrogen-bond donors (Lipinski definition) is 1. The van der Waals surface area contributed by atoms with Crippen molar-refractivity contribution >= 4 is 5.69 Å². The zero-order chi connectivity index (χ0) is 10.4. The van der Waals surface area contributed by atoms with E-state index < -0.39 is 0 Å². The van der Waals surface area contributed by atoms with Crippen molar-refractivity contribution in [2.75, 3.05) is 19.0 Å². The van der Waals surface area contributed by atoms with Crippen LogP contribution in [0.1, 0.15) is 12.5 Å². The summed E-state index contributed by atoms with van der Waals surface area (Å²) in [4.78, 5) is 0. The summed E-state index contributed by atoms with van der Waals surface area (Å²) in [6.45, 7) is 7.32. The van der Waals surface area contributed by atoms with Crippen molar-refractivity contribution in [2.24, 2.45) is 0 Å². The van der Waals surface area contributed by atoms with Gasteiger partial charge in [-0.2, -0.15) is 0 Å². The Morgan fingerprint density at radius 1 is 1.50 bits per heavy atom. The first-order chi connectivity index (χ1) is 6.72. The van der Waals surface area contributed by atoms with Crippen LogP contribution in [-0.2, 0) is 11.3 Å². The summed E-state index contributed by atoms with van der Waals surface area (Å²) < 4.78 is 5.06. The monoisotopic (exact) mass is 191 g/mol. The lowest BCUT2D eigenvalue weighted by molar-refractivity contribution is 0.185. The third kappa shape index (κ3) is 3.62. The molecule has 0 bridgehead atoms. The van der Waals surface area contributed by atoms with Gasteiger partial charge in [-0.05, 0) is 24.6 Å². The summed E-state index contributed by atoms with van der Waals surface area (Å²) in [7, 11) is 1.70. The quantitative estimate of drug-likeness (QED) is 0.722. The van der Waals surface area contributed by atoms with Gasteiger partial charge in [-0.25, -0.2) is 0 Å². The fourth-order valence-electron chi connectivity index (χ4n) is 1.19. The average Bonchev–Trinajstić information content (AvgIpc) is 2.16. The average molecular weight is 191 g/mol. The van der Waals surface area contributed by atoms with E-state index in [2.05, 4.69) is 24.0 Å². The highest BCUT2D eigenvalue weighted by Crippen LogP contribution is 2.11. The molecular formula is C12H17NO. The molecule has 1 rings (SSSR count). The fourth-order valence-corrected chi connectivity index (χ4v) is 1.19. The first-order valence-electron chi connectivity index (χ1n) is 4.68. The normalized spacial score (nSPS) is 9.86. The molecule has 0 saturated heterocycles. The Labute approximate surface area is 85.6 Å². The molecule has 1 N–H and O–H groups in total. The Morgan fingerprint density at radius 3 is 2.93 bits per heavy atom. The molecule has 0 aliphatic rings. The second kappa shape index (κ2) is 5.45. The predicted molar refractivity (Wildman–Crippen MR) is 60.5 cm³/mol. The number of rotatable bonds is 5. The highest BCUT2D eigenvalue weighted by Gasteiger charge is 1.94. The van der Waals surface area contributed by atoms with E-state index in [0.717, 1.165) is 17.8 Å². The number of benzene rings is 1. The Morgan fingerprint density at radius 2 is 2.29 bits per heavy atom. The van der Waals surface area contributed by atoms with Crippen molar-refractivity contribution in [3.8, 4) is 0 Å². The Kier molecular flexibility index (Phi) is 4.20. The van der Waals surface area contributed by atoms with Crippen molar-refractivity contribution in [2.45, 2.75) is 13.5 Å². The zero-order valence-electron chi connectivity index (χ0n) is 8.84. The van der Waals surface area contributed by atoms with Crippen LogP contribution in [0.3, 0.4) is 0 Å². The second-order valence-corrected chi connectivity index (χ2v) is 3.44. The topological polar surface area (TPSA) is 21.3 Å². The minimum absolute atomic E-state index is 0.655. The molecule has 76 valence electrons. The first-order valence-corrected chi connectivity index (χ1v) is 4.68. The molecular weight excluding hydrogens is 174 g/mol. The van der Waals surface area contributed by atoms with Gasteiger partial charge in [0.15, 0.2) is 0 Å². The van der Waals surface area contributed by atoms with Crippen LogP contribution in [0.2, 0.25) is 0 Å². The molecule has 0 radical (unpaired) electrons. The van der Waals surface area contributed by atoms with Crippen LogP contribution in [0.25, 0.3) is 0 Å². The molecule has 0 atom stereocenters. The molecule has 1 aromatic rings. The molecule has 0 saturated carbocycles. The van der Waals surface area contributed by atoms with E-state index in [1.54, 1.807) is 7.11 Å². The summed E-state index contributed by atoms with van der Waals surface area (Å²) in [5.41, 5.74) is 3.42. The first kappa shape index (κ1) is 10.8. The highest BCUT2D eigenvalue weighted by molar-refractivity contribution is 5.46. The maximum atomic E-state index is 5.06. The SMILES string of the molecule is C=C(C)CNc1cccc(COC)c1. The van der Waals surface area contributed by atoms with E-state index >= 15 is 0 Å². The standard InChI is InChI=1S/C12H17NO/c1-10(2)8-13-12-6-4-5-11(7-12)9-14-3/h4-7,13H,1,8-9H2,2-3H3. The minimum Gasteiger partial charge on any atom is -0.381 e. The molecule has 0 aliphatic heterocycles. The summed E-state index contributed by atoms with van der Waals surface area (Å²) >= 11 is 0. The summed E-state index contributed by atoms with van der Waals surface area (Å²) in [6, 6.07) is 8.21. The lowest BCUT2D eigenvalue weighted by atomic mass is 10.2. The molecule has 0 aliphatic carbocycles. The van der Waals surface area contributed by atoms with Gasteiger partial charge in [0.1, 0.15) is 0 Å². The van der Waals surface area contributed by atoms with Gasteiger partial charge in [-0.15, -0.1) is 0 Å². The Balaban J connectivity index is 2.58. The van der Waals surface area contributed by atoms with Crippen LogP contribution in [-0.4, -0.2) is 13.7 Å². The summed E-state index contributed by atoms with van der Waals surface area (Å²) in [6.07, 6.45) is 0. The number of nitrogens with one attached hydrogen (secondary N) is 1. The van der Waals surface area contributed by atoms with Gasteiger partial charge < -0.3 is 10.1 Å². The molecule has 0 fully saturated rings. The van der Waals surface area contributed by atoms with Crippen LogP contribution in [0.5, 0.6) is 0 Å². The summed E-state index contributed by atoms with van der Waals surface area (Å²) in [5, 5.41) is 3.29. The van der Waals surface area contributed by atoms with E-state index in [-0.39, 0.29) is 0 Å². The number of hydrogen-bond acceptors (Lipinski definition) is 2. The van der Waals surface area contributed by atoms with Gasteiger partial charge in [0.25, 0.3) is 0 Å². The molecule has 0 aromatic heterocycles. The lowest BCUT2D eigenvalue weighted by Crippen LogP contribution is -2.02. The number of ether oxygens (including phenoxy) is 1. The molecule has 0 heterocycles. The zero-order valence-corrected chi connectivity index (χ0v) is 8.84. The molecule has 0 amide bonds. The number of methoxy groups -OCH3 is 1. The largest absolute Gasteiger partial charge is 0.381 e. The van der Waals surface area contributed by atoms with Crippen LogP contribution in [0.15, 0.2) is 36.4 Å². The van der Waals surface area contributed by atoms with Crippen LogP contribution in [0, 0.1) is 0 Å². The predicted octanol–water partition coefficient (Wildman–Crippen LogP) is 2.82. The maximum Gasteiger partial charge on any atom is 0.0713 e.